The number of nitrogens with one attached hydrogen (secondary N) is 1. The van der Waals surface area contributed by atoms with Gasteiger partial charge >= 0.3 is 5.97 Å². The summed E-state index contributed by atoms with van der Waals surface area (Å²) < 4.78 is 0. The molecule has 1 amide bonds. The van der Waals surface area contributed by atoms with Crippen LogP contribution in [-0.4, -0.2) is 41.6 Å². The maximum Gasteiger partial charge on any atom is 0.335 e. The molecule has 2 aromatic carbocycles. The van der Waals surface area contributed by atoms with Gasteiger partial charge in [-0.15, -0.1) is 0 Å². The molecule has 0 atom stereocenters. The zero-order valence-corrected chi connectivity index (χ0v) is 17.7. The van der Waals surface area contributed by atoms with Gasteiger partial charge in [-0.3, -0.25) is 4.79 Å². The first-order valence-electron chi connectivity index (χ1n) is 8.11. The van der Waals surface area contributed by atoms with Crippen molar-refractivity contribution in [2.75, 3.05) is 24.6 Å². The van der Waals surface area contributed by atoms with E-state index in [2.05, 4.69) is 5.32 Å². The topological polar surface area (TPSA) is 92.4 Å². The molecule has 0 saturated heterocycles. The minimum Gasteiger partial charge on any atom is -0.478 e. The van der Waals surface area contributed by atoms with Gasteiger partial charge in [-0.1, -0.05) is 43.2 Å². The molecule has 0 aliphatic rings. The van der Waals surface area contributed by atoms with E-state index in [1.807, 2.05) is 24.3 Å². The van der Waals surface area contributed by atoms with Crippen LogP contribution in [0.1, 0.15) is 20.7 Å². The number of hydrogen-bond acceptors (Lipinski definition) is 7. The summed E-state index contributed by atoms with van der Waals surface area (Å²) in [6.45, 7) is 1.22. The molecule has 5 nitrogen and oxygen atoms in total. The summed E-state index contributed by atoms with van der Waals surface area (Å²) in [6, 6.07) is 14.3. The lowest BCUT2D eigenvalue weighted by Crippen LogP contribution is -2.25. The van der Waals surface area contributed by atoms with Gasteiger partial charge in [-0.2, -0.15) is 0 Å². The highest BCUT2D eigenvalue weighted by Crippen LogP contribution is 2.31. The largest absolute Gasteiger partial charge is 0.478 e. The normalized spacial score (nSPS) is 10.6. The van der Waals surface area contributed by atoms with Crippen LogP contribution in [0.5, 0.6) is 0 Å². The molecule has 27 heavy (non-hydrogen) atoms. The van der Waals surface area contributed by atoms with E-state index in [1.165, 1.54) is 0 Å². The Bertz CT molecular complexity index is 739. The summed E-state index contributed by atoms with van der Waals surface area (Å²) in [6.07, 6.45) is 0. The molecule has 2 aromatic rings. The Morgan fingerprint density at radius 3 is 1.89 bits per heavy atom. The number of carbonyl (C=O) groups excluding carboxylic acids is 1. The molecule has 2 rings (SSSR count). The highest BCUT2D eigenvalue weighted by molar-refractivity contribution is 8.77. The minimum atomic E-state index is -0.928. The van der Waals surface area contributed by atoms with Crippen LogP contribution in [0.4, 0.5) is 0 Å². The molecule has 0 radical (unpaired) electrons. The SMILES string of the molecule is NCCSSc1ccc(C(=O)NCCSSc2ccc(C(=O)O)cc2)cc1. The summed E-state index contributed by atoms with van der Waals surface area (Å²) in [5, 5.41) is 11.8. The molecule has 9 heteroatoms. The zero-order chi connectivity index (χ0) is 19.5. The smallest absolute Gasteiger partial charge is 0.335 e. The second-order valence-corrected chi connectivity index (χ2v) is 10.2. The van der Waals surface area contributed by atoms with E-state index in [0.29, 0.717) is 18.7 Å². The summed E-state index contributed by atoms with van der Waals surface area (Å²) >= 11 is 0. The first kappa shape index (κ1) is 22.0. The number of amides is 1. The monoisotopic (exact) mass is 440 g/mol. The minimum absolute atomic E-state index is 0.0856. The summed E-state index contributed by atoms with van der Waals surface area (Å²) in [7, 11) is 6.52. The summed E-state index contributed by atoms with van der Waals surface area (Å²) in [4.78, 5) is 25.0. The van der Waals surface area contributed by atoms with Crippen molar-refractivity contribution in [3.05, 3.63) is 59.7 Å². The van der Waals surface area contributed by atoms with Crippen molar-refractivity contribution in [3.8, 4) is 0 Å². The number of carboxylic acids is 1. The number of aromatic carboxylic acids is 1. The highest BCUT2D eigenvalue weighted by atomic mass is 33.1. The number of carboxylic acid groups (broad SMARTS) is 1. The molecule has 0 saturated carbocycles. The number of rotatable bonds is 11. The lowest BCUT2D eigenvalue weighted by atomic mass is 10.2. The van der Waals surface area contributed by atoms with Crippen molar-refractivity contribution in [3.63, 3.8) is 0 Å². The average molecular weight is 441 g/mol. The lowest BCUT2D eigenvalue weighted by Gasteiger charge is -2.06. The van der Waals surface area contributed by atoms with E-state index in [9.17, 15) is 9.59 Å². The highest BCUT2D eigenvalue weighted by Gasteiger charge is 2.06. The molecule has 0 unspecified atom stereocenters. The van der Waals surface area contributed by atoms with Crippen LogP contribution >= 0.6 is 43.2 Å². The fourth-order valence-electron chi connectivity index (χ4n) is 1.89. The predicted octanol–water partition coefficient (Wildman–Crippen LogP) is 4.25. The molecule has 0 spiro atoms. The van der Waals surface area contributed by atoms with Crippen LogP contribution in [0.25, 0.3) is 0 Å². The van der Waals surface area contributed by atoms with Crippen molar-refractivity contribution in [2.45, 2.75) is 9.79 Å². The third kappa shape index (κ3) is 8.10. The van der Waals surface area contributed by atoms with Gasteiger partial charge in [0.25, 0.3) is 5.91 Å². The lowest BCUT2D eigenvalue weighted by molar-refractivity contribution is 0.0696. The number of carbonyl (C=O) groups is 2. The van der Waals surface area contributed by atoms with Gasteiger partial charge in [-0.05, 0) is 48.5 Å². The molecule has 0 fully saturated rings. The molecular formula is C18H20N2O3S4. The van der Waals surface area contributed by atoms with Gasteiger partial charge in [-0.25, -0.2) is 4.79 Å². The Morgan fingerprint density at radius 1 is 0.852 bits per heavy atom. The first-order chi connectivity index (χ1) is 13.1. The molecule has 0 heterocycles. The Kier molecular flexibility index (Phi) is 10.00. The van der Waals surface area contributed by atoms with Crippen LogP contribution in [0.2, 0.25) is 0 Å². The third-order valence-electron chi connectivity index (χ3n) is 3.20. The van der Waals surface area contributed by atoms with Crippen LogP contribution in [0.3, 0.4) is 0 Å². The molecule has 0 aliphatic heterocycles. The maximum atomic E-state index is 12.1. The molecule has 4 N–H and O–H groups in total. The third-order valence-corrected chi connectivity index (χ3v) is 8.00. The second-order valence-electron chi connectivity index (χ2n) is 5.21. The Balaban J connectivity index is 1.66. The quantitative estimate of drug-likeness (QED) is 0.353. The molecule has 144 valence electrons. The van der Waals surface area contributed by atoms with Gasteiger partial charge in [0.2, 0.25) is 0 Å². The fourth-order valence-corrected chi connectivity index (χ4v) is 5.63. The molecule has 0 bridgehead atoms. The fraction of sp³-hybridized carbons (Fsp3) is 0.222. The van der Waals surface area contributed by atoms with Gasteiger partial charge in [0.05, 0.1) is 5.56 Å². The van der Waals surface area contributed by atoms with Crippen LogP contribution in [0.15, 0.2) is 58.3 Å². The zero-order valence-electron chi connectivity index (χ0n) is 14.4. The predicted molar refractivity (Wildman–Crippen MR) is 118 cm³/mol. The standard InChI is InChI=1S/C18H20N2O3S4/c19-9-11-24-26-15-5-1-13(2-6-15)17(21)20-10-12-25-27-16-7-3-14(4-8-16)18(22)23/h1-8H,9-12,19H2,(H,20,21)(H,22,23). The van der Waals surface area contributed by atoms with E-state index >= 15 is 0 Å². The maximum absolute atomic E-state index is 12.1. The van der Waals surface area contributed by atoms with E-state index in [4.69, 9.17) is 10.8 Å². The van der Waals surface area contributed by atoms with Crippen molar-refractivity contribution < 1.29 is 14.7 Å². The van der Waals surface area contributed by atoms with Crippen LogP contribution < -0.4 is 11.1 Å². The van der Waals surface area contributed by atoms with E-state index < -0.39 is 5.97 Å². The Hall–Kier alpha value is -1.26. The number of nitrogens with two attached hydrogens (primary N) is 1. The molecular weight excluding hydrogens is 420 g/mol. The van der Waals surface area contributed by atoms with Crippen molar-refractivity contribution in [1.82, 2.24) is 5.32 Å². The van der Waals surface area contributed by atoms with Gasteiger partial charge < -0.3 is 16.2 Å². The molecule has 0 aliphatic carbocycles. The number of hydrogen-bond donors (Lipinski definition) is 3. The summed E-state index contributed by atoms with van der Waals surface area (Å²) in [5.74, 6) is 0.632. The van der Waals surface area contributed by atoms with Gasteiger partial charge in [0.1, 0.15) is 0 Å². The van der Waals surface area contributed by atoms with E-state index in [1.54, 1.807) is 67.4 Å². The summed E-state index contributed by atoms with van der Waals surface area (Å²) in [5.41, 5.74) is 6.38. The van der Waals surface area contributed by atoms with Crippen molar-refractivity contribution in [2.24, 2.45) is 5.73 Å². The van der Waals surface area contributed by atoms with Gasteiger partial charge in [0.15, 0.2) is 0 Å². The van der Waals surface area contributed by atoms with Crippen molar-refractivity contribution >= 4 is 55.1 Å². The Morgan fingerprint density at radius 2 is 1.37 bits per heavy atom. The first-order valence-corrected chi connectivity index (χ1v) is 12.7. The van der Waals surface area contributed by atoms with Crippen LogP contribution in [0, 0.1) is 0 Å². The second kappa shape index (κ2) is 12.2. The van der Waals surface area contributed by atoms with E-state index in [-0.39, 0.29) is 11.5 Å². The van der Waals surface area contributed by atoms with Crippen molar-refractivity contribution in [1.29, 1.82) is 0 Å². The molecule has 0 aromatic heterocycles. The van der Waals surface area contributed by atoms with Gasteiger partial charge in [0, 0.05) is 39.9 Å². The van der Waals surface area contributed by atoms with Crippen LogP contribution in [-0.2, 0) is 0 Å². The number of benzene rings is 2. The Labute approximate surface area is 174 Å². The van der Waals surface area contributed by atoms with E-state index in [0.717, 1.165) is 21.3 Å². The average Bonchev–Trinajstić information content (AvgIpc) is 2.68.